The van der Waals surface area contributed by atoms with Gasteiger partial charge in [-0.1, -0.05) is 30.3 Å². The number of hydrogen-bond acceptors (Lipinski definition) is 3. The Balaban J connectivity index is 1.55. The number of fused-ring (bicyclic) bond motifs is 2. The van der Waals surface area contributed by atoms with Gasteiger partial charge in [-0.2, -0.15) is 5.06 Å². The molecule has 0 bridgehead atoms. The average molecular weight is 286 g/mol. The molecule has 3 aliphatic rings. The summed E-state index contributed by atoms with van der Waals surface area (Å²) in [5.41, 5.74) is 1.20. The highest BCUT2D eigenvalue weighted by Gasteiger charge is 2.51. The van der Waals surface area contributed by atoms with Crippen LogP contribution in [0.4, 0.5) is 0 Å². The number of rotatable bonds is 2. The molecule has 0 spiro atoms. The first-order chi connectivity index (χ1) is 10.2. The summed E-state index contributed by atoms with van der Waals surface area (Å²) < 4.78 is 0. The number of nitrogens with zero attached hydrogens (tertiary/aromatic N) is 2. The zero-order chi connectivity index (χ0) is 14.4. The van der Waals surface area contributed by atoms with Gasteiger partial charge >= 0.3 is 0 Å². The van der Waals surface area contributed by atoms with E-state index in [1.807, 2.05) is 23.3 Å². The molecule has 0 saturated carbocycles. The molecule has 112 valence electrons. The van der Waals surface area contributed by atoms with E-state index >= 15 is 0 Å². The number of benzene rings is 1. The monoisotopic (exact) mass is 286 g/mol. The van der Waals surface area contributed by atoms with E-state index in [1.54, 1.807) is 0 Å². The van der Waals surface area contributed by atoms with E-state index in [9.17, 15) is 4.79 Å². The van der Waals surface area contributed by atoms with Crippen molar-refractivity contribution in [2.45, 2.75) is 50.9 Å². The first-order valence-electron chi connectivity index (χ1n) is 7.99. The molecule has 0 aliphatic carbocycles. The van der Waals surface area contributed by atoms with Gasteiger partial charge in [0.25, 0.3) is 0 Å². The number of carbonyl (C=O) groups excluding carboxylic acids is 1. The molecule has 3 saturated heterocycles. The maximum Gasteiger partial charge on any atom is 0.243 e. The van der Waals surface area contributed by atoms with Crippen LogP contribution in [0, 0.1) is 5.92 Å². The van der Waals surface area contributed by atoms with Crippen molar-refractivity contribution >= 4 is 5.91 Å². The van der Waals surface area contributed by atoms with Crippen molar-refractivity contribution in [1.29, 1.82) is 0 Å². The van der Waals surface area contributed by atoms with Crippen molar-refractivity contribution in [1.82, 2.24) is 9.96 Å². The molecule has 1 aromatic carbocycles. The maximum atomic E-state index is 12.9. The van der Waals surface area contributed by atoms with Gasteiger partial charge in [0.2, 0.25) is 5.91 Å². The molecule has 0 aromatic heterocycles. The lowest BCUT2D eigenvalue weighted by Crippen LogP contribution is -2.56. The van der Waals surface area contributed by atoms with Gasteiger partial charge in [0.1, 0.15) is 6.04 Å². The summed E-state index contributed by atoms with van der Waals surface area (Å²) in [6.45, 7) is 3.57. The highest BCUT2D eigenvalue weighted by Crippen LogP contribution is 2.40. The van der Waals surface area contributed by atoms with Crippen molar-refractivity contribution in [3.8, 4) is 0 Å². The summed E-state index contributed by atoms with van der Waals surface area (Å²) in [5.74, 6) is 0.655. The van der Waals surface area contributed by atoms with Crippen LogP contribution < -0.4 is 0 Å². The van der Waals surface area contributed by atoms with Crippen molar-refractivity contribution in [2.75, 3.05) is 6.61 Å². The highest BCUT2D eigenvalue weighted by molar-refractivity contribution is 5.84. The summed E-state index contributed by atoms with van der Waals surface area (Å²) in [4.78, 5) is 20.9. The topological polar surface area (TPSA) is 32.8 Å². The molecule has 3 aliphatic heterocycles. The smallest absolute Gasteiger partial charge is 0.243 e. The Hall–Kier alpha value is -1.39. The Morgan fingerprint density at radius 1 is 1.24 bits per heavy atom. The Bertz CT molecular complexity index is 533. The molecule has 0 radical (unpaired) electrons. The summed E-state index contributed by atoms with van der Waals surface area (Å²) in [5, 5.41) is 1.92. The molecule has 1 aromatic rings. The standard InChI is InChI=1S/C17H22N2O2/c1-12-7-8-15-9-14-11-21-18(16(14)17(20)19(12)15)10-13-5-3-2-4-6-13/h2-6,12,14-16H,7-11H2,1H3/t12-,14+,15?,16?/m1/s1. The minimum Gasteiger partial charge on any atom is -0.336 e. The lowest BCUT2D eigenvalue weighted by Gasteiger charge is -2.40. The lowest BCUT2D eigenvalue weighted by molar-refractivity contribution is -0.168. The third-order valence-corrected chi connectivity index (χ3v) is 5.26. The molecule has 4 atom stereocenters. The van der Waals surface area contributed by atoms with Crippen LogP contribution in [-0.4, -0.2) is 40.6 Å². The summed E-state index contributed by atoms with van der Waals surface area (Å²) in [7, 11) is 0. The van der Waals surface area contributed by atoms with Crippen molar-refractivity contribution in [3.05, 3.63) is 35.9 Å². The largest absolute Gasteiger partial charge is 0.336 e. The molecule has 4 heteroatoms. The summed E-state index contributed by atoms with van der Waals surface area (Å²) >= 11 is 0. The molecule has 0 N–H and O–H groups in total. The van der Waals surface area contributed by atoms with Crippen LogP contribution in [0.2, 0.25) is 0 Å². The average Bonchev–Trinajstić information content (AvgIpc) is 3.05. The van der Waals surface area contributed by atoms with E-state index in [2.05, 4.69) is 24.0 Å². The Morgan fingerprint density at radius 2 is 2.05 bits per heavy atom. The number of carbonyl (C=O) groups is 1. The van der Waals surface area contributed by atoms with Crippen LogP contribution in [0.15, 0.2) is 30.3 Å². The van der Waals surface area contributed by atoms with Crippen LogP contribution in [-0.2, 0) is 16.2 Å². The summed E-state index contributed by atoms with van der Waals surface area (Å²) in [6.07, 6.45) is 3.41. The molecule has 3 fully saturated rings. The third kappa shape index (κ3) is 2.17. The van der Waals surface area contributed by atoms with Crippen molar-refractivity contribution in [2.24, 2.45) is 5.92 Å². The van der Waals surface area contributed by atoms with E-state index in [-0.39, 0.29) is 11.9 Å². The fraction of sp³-hybridized carbons (Fsp3) is 0.588. The van der Waals surface area contributed by atoms with Gasteiger partial charge in [0.15, 0.2) is 0 Å². The van der Waals surface area contributed by atoms with Gasteiger partial charge < -0.3 is 4.90 Å². The van der Waals surface area contributed by atoms with E-state index < -0.39 is 0 Å². The molecular weight excluding hydrogens is 264 g/mol. The zero-order valence-corrected chi connectivity index (χ0v) is 12.4. The number of hydroxylamine groups is 2. The van der Waals surface area contributed by atoms with E-state index in [0.29, 0.717) is 31.2 Å². The second kappa shape index (κ2) is 5.11. The normalized spacial score (nSPS) is 35.9. The van der Waals surface area contributed by atoms with Gasteiger partial charge in [0.05, 0.1) is 6.61 Å². The predicted molar refractivity (Wildman–Crippen MR) is 79.2 cm³/mol. The first-order valence-corrected chi connectivity index (χ1v) is 7.99. The van der Waals surface area contributed by atoms with Gasteiger partial charge in [-0.05, 0) is 31.7 Å². The zero-order valence-electron chi connectivity index (χ0n) is 12.4. The molecule has 1 amide bonds. The van der Waals surface area contributed by atoms with Gasteiger partial charge in [-0.15, -0.1) is 0 Å². The van der Waals surface area contributed by atoms with Crippen LogP contribution >= 0.6 is 0 Å². The van der Waals surface area contributed by atoms with Crippen LogP contribution in [0.3, 0.4) is 0 Å². The second-order valence-electron chi connectivity index (χ2n) is 6.62. The molecule has 4 nitrogen and oxygen atoms in total. The molecule has 3 heterocycles. The minimum absolute atomic E-state index is 0.0815. The molecular formula is C17H22N2O2. The SMILES string of the molecule is C[C@@H]1CCC2C[C@H]3CON(Cc4ccccc4)C3C(=O)N21. The van der Waals surface area contributed by atoms with Gasteiger partial charge in [0, 0.05) is 24.5 Å². The highest BCUT2D eigenvalue weighted by atomic mass is 16.7. The van der Waals surface area contributed by atoms with Crippen LogP contribution in [0.5, 0.6) is 0 Å². The van der Waals surface area contributed by atoms with Crippen molar-refractivity contribution in [3.63, 3.8) is 0 Å². The van der Waals surface area contributed by atoms with E-state index in [0.717, 1.165) is 19.3 Å². The second-order valence-corrected chi connectivity index (χ2v) is 6.62. The molecule has 2 unspecified atom stereocenters. The van der Waals surface area contributed by atoms with Crippen LogP contribution in [0.25, 0.3) is 0 Å². The fourth-order valence-electron chi connectivity index (χ4n) is 4.23. The van der Waals surface area contributed by atoms with Gasteiger partial charge in [-0.25, -0.2) is 0 Å². The maximum absolute atomic E-state index is 12.9. The number of amides is 1. The van der Waals surface area contributed by atoms with E-state index in [4.69, 9.17) is 4.84 Å². The van der Waals surface area contributed by atoms with Gasteiger partial charge in [-0.3, -0.25) is 9.63 Å². The Labute approximate surface area is 125 Å². The fourth-order valence-corrected chi connectivity index (χ4v) is 4.23. The Morgan fingerprint density at radius 3 is 2.86 bits per heavy atom. The number of piperidine rings is 1. The molecule has 4 rings (SSSR count). The van der Waals surface area contributed by atoms with Crippen molar-refractivity contribution < 1.29 is 9.63 Å². The number of hydrogen-bond donors (Lipinski definition) is 0. The van der Waals surface area contributed by atoms with Crippen LogP contribution in [0.1, 0.15) is 31.7 Å². The Kier molecular flexibility index (Phi) is 3.23. The lowest BCUT2D eigenvalue weighted by atomic mass is 9.87. The third-order valence-electron chi connectivity index (χ3n) is 5.26. The predicted octanol–water partition coefficient (Wildman–Crippen LogP) is 2.20. The molecule has 21 heavy (non-hydrogen) atoms. The quantitative estimate of drug-likeness (QED) is 0.835. The van der Waals surface area contributed by atoms with E-state index in [1.165, 1.54) is 5.56 Å². The summed E-state index contributed by atoms with van der Waals surface area (Å²) in [6, 6.07) is 11.0. The minimum atomic E-state index is -0.0815. The first kappa shape index (κ1) is 13.3.